The molecule has 0 bridgehead atoms. The van der Waals surface area contributed by atoms with Crippen LogP contribution in [0.4, 0.5) is 0 Å². The van der Waals surface area contributed by atoms with Gasteiger partial charge in [0, 0.05) is 0 Å². The predicted molar refractivity (Wildman–Crippen MR) is 117 cm³/mol. The van der Waals surface area contributed by atoms with Crippen LogP contribution in [0.3, 0.4) is 0 Å². The summed E-state index contributed by atoms with van der Waals surface area (Å²) in [5.74, 6) is 0. The Morgan fingerprint density at radius 2 is 0.520 bits per heavy atom. The fourth-order valence-electron chi connectivity index (χ4n) is 3.64. The van der Waals surface area contributed by atoms with E-state index in [0.29, 0.717) is 0 Å². The molecule has 0 aromatic carbocycles. The molecule has 3 aliphatic rings. The highest BCUT2D eigenvalue weighted by atomic mass is 14.1. The van der Waals surface area contributed by atoms with Crippen LogP contribution in [0.5, 0.6) is 0 Å². The van der Waals surface area contributed by atoms with Gasteiger partial charge in [-0.1, -0.05) is 47.3 Å². The van der Waals surface area contributed by atoms with Crippen LogP contribution in [0, 0.1) is 0 Å². The lowest BCUT2D eigenvalue weighted by Crippen LogP contribution is -1.92. The van der Waals surface area contributed by atoms with E-state index < -0.39 is 0 Å². The normalized spacial score (nSPS) is 20.9. The molecule has 0 amide bonds. The summed E-state index contributed by atoms with van der Waals surface area (Å²) in [6.45, 7) is 13.6. The van der Waals surface area contributed by atoms with Crippen molar-refractivity contribution in [1.82, 2.24) is 0 Å². The molecule has 0 saturated heterocycles. The van der Waals surface area contributed by atoms with Crippen LogP contribution < -0.4 is 0 Å². The fraction of sp³-hybridized carbons (Fsp3) is 0.760. The van der Waals surface area contributed by atoms with E-state index in [1.807, 2.05) is 0 Å². The Morgan fingerprint density at radius 1 is 0.320 bits per heavy atom. The first-order valence-corrected chi connectivity index (χ1v) is 10.4. The summed E-state index contributed by atoms with van der Waals surface area (Å²) in [4.78, 5) is 0. The summed E-state index contributed by atoms with van der Waals surface area (Å²) < 4.78 is 0. The first-order valence-electron chi connectivity index (χ1n) is 10.4. The van der Waals surface area contributed by atoms with E-state index in [1.54, 1.807) is 33.4 Å². The van der Waals surface area contributed by atoms with Gasteiger partial charge in [0.25, 0.3) is 0 Å². The monoisotopic (exact) mass is 346 g/mol. The molecule has 0 nitrogen and oxygen atoms in total. The minimum Gasteiger partial charge on any atom is -0.0776 e. The van der Waals surface area contributed by atoms with Crippen molar-refractivity contribution in [2.24, 2.45) is 0 Å². The quantitative estimate of drug-likeness (QED) is 0.383. The van der Waals surface area contributed by atoms with Gasteiger partial charge in [-0.05, 0) is 112 Å². The van der Waals surface area contributed by atoms with E-state index in [4.69, 9.17) is 0 Å². The lowest BCUT2D eigenvalue weighted by Gasteiger charge is -2.12. The zero-order valence-electron chi connectivity index (χ0n) is 17.5. The molecule has 146 valence electrons. The van der Waals surface area contributed by atoms with Crippen molar-refractivity contribution >= 4 is 0 Å². The van der Waals surface area contributed by atoms with Gasteiger partial charge >= 0.3 is 0 Å². The molecule has 0 radical (unpaired) electrons. The highest BCUT2D eigenvalue weighted by molar-refractivity contribution is 5.14. The first-order chi connectivity index (χ1) is 11.4. The van der Waals surface area contributed by atoms with Crippen LogP contribution in [-0.2, 0) is 0 Å². The van der Waals surface area contributed by atoms with E-state index in [9.17, 15) is 0 Å². The molecule has 0 aromatic heterocycles. The second kappa shape index (κ2) is 13.4. The summed E-state index contributed by atoms with van der Waals surface area (Å²) >= 11 is 0. The molecule has 0 spiro atoms. The third-order valence-corrected chi connectivity index (χ3v) is 6.25. The third-order valence-electron chi connectivity index (χ3n) is 6.25. The Kier molecular flexibility index (Phi) is 13.0. The molecule has 0 atom stereocenters. The van der Waals surface area contributed by atoms with Crippen molar-refractivity contribution in [3.05, 3.63) is 33.4 Å². The molecular formula is C25H46. The van der Waals surface area contributed by atoms with Gasteiger partial charge in [-0.3, -0.25) is 0 Å². The average Bonchev–Trinajstić information content (AvgIpc) is 2.83. The molecule has 0 unspecified atom stereocenters. The fourth-order valence-corrected chi connectivity index (χ4v) is 3.64. The van der Waals surface area contributed by atoms with Gasteiger partial charge in [0.1, 0.15) is 0 Å². The number of hydrogen-bond acceptors (Lipinski definition) is 0. The summed E-state index contributed by atoms with van der Waals surface area (Å²) in [7, 11) is 0. The van der Waals surface area contributed by atoms with Crippen molar-refractivity contribution in [2.45, 2.75) is 126 Å². The molecule has 0 fully saturated rings. The van der Waals surface area contributed by atoms with E-state index in [-0.39, 0.29) is 7.43 Å². The number of rotatable bonds is 0. The van der Waals surface area contributed by atoms with E-state index >= 15 is 0 Å². The molecule has 3 rings (SSSR count). The third kappa shape index (κ3) is 10.1. The van der Waals surface area contributed by atoms with Crippen molar-refractivity contribution in [2.75, 3.05) is 0 Å². The van der Waals surface area contributed by atoms with Crippen molar-refractivity contribution in [1.29, 1.82) is 0 Å². The van der Waals surface area contributed by atoms with Gasteiger partial charge in [0.15, 0.2) is 0 Å². The second-order valence-electron chi connectivity index (χ2n) is 8.30. The zero-order valence-corrected chi connectivity index (χ0v) is 17.5. The standard InChI is InChI=1S/C9H16.C8H14.C7H12.CH4/c1-8-6-4-3-5-7-9(8)2;1-7-5-3-4-6-8(7)2;1-6-4-3-5-7(6)2;/h3-7H2,1-2H3;3-6H2,1-2H3;3-5H2,1-2H3;1H4. The SMILES string of the molecule is C.CC1=C(C)CCC1.CC1=C(C)CCCC1.CC1=C(C)CCCCC1. The Hall–Kier alpha value is -0.780. The Labute approximate surface area is 159 Å². The number of allylic oxidation sites excluding steroid dienone is 6. The van der Waals surface area contributed by atoms with Crippen LogP contribution in [-0.4, -0.2) is 0 Å². The molecule has 0 heteroatoms. The van der Waals surface area contributed by atoms with Gasteiger partial charge in [0.05, 0.1) is 0 Å². The van der Waals surface area contributed by atoms with Crippen LogP contribution in [0.2, 0.25) is 0 Å². The van der Waals surface area contributed by atoms with Gasteiger partial charge in [-0.15, -0.1) is 0 Å². The maximum absolute atomic E-state index is 2.28. The molecule has 0 heterocycles. The molecule has 0 saturated carbocycles. The van der Waals surface area contributed by atoms with Gasteiger partial charge in [0.2, 0.25) is 0 Å². The predicted octanol–water partition coefficient (Wildman–Crippen LogP) is 9.33. The smallest absolute Gasteiger partial charge is 0.0317 e. The Balaban J connectivity index is 0.000000341. The van der Waals surface area contributed by atoms with Crippen molar-refractivity contribution in [3.63, 3.8) is 0 Å². The summed E-state index contributed by atoms with van der Waals surface area (Å²) in [6, 6.07) is 0. The van der Waals surface area contributed by atoms with Gasteiger partial charge in [-0.2, -0.15) is 0 Å². The van der Waals surface area contributed by atoms with E-state index in [2.05, 4.69) is 41.5 Å². The number of hydrogen-bond donors (Lipinski definition) is 0. The topological polar surface area (TPSA) is 0 Å². The van der Waals surface area contributed by atoms with Gasteiger partial charge < -0.3 is 0 Å². The largest absolute Gasteiger partial charge is 0.0776 e. The molecule has 3 aliphatic carbocycles. The minimum atomic E-state index is 0. The molecule has 0 aliphatic heterocycles. The molecule has 0 aromatic rings. The molecular weight excluding hydrogens is 300 g/mol. The zero-order chi connectivity index (χ0) is 17.9. The summed E-state index contributed by atoms with van der Waals surface area (Å²) in [6.07, 6.45) is 16.6. The van der Waals surface area contributed by atoms with Crippen molar-refractivity contribution < 1.29 is 0 Å². The molecule has 25 heavy (non-hydrogen) atoms. The van der Waals surface area contributed by atoms with Gasteiger partial charge in [-0.25, -0.2) is 0 Å². The maximum atomic E-state index is 2.28. The van der Waals surface area contributed by atoms with Crippen LogP contribution in [0.25, 0.3) is 0 Å². The van der Waals surface area contributed by atoms with Crippen molar-refractivity contribution in [3.8, 4) is 0 Å². The summed E-state index contributed by atoms with van der Waals surface area (Å²) in [5, 5.41) is 0. The Morgan fingerprint density at radius 3 is 0.760 bits per heavy atom. The lowest BCUT2D eigenvalue weighted by atomic mass is 9.94. The minimum absolute atomic E-state index is 0. The molecule has 0 N–H and O–H groups in total. The Bertz CT molecular complexity index is 430. The summed E-state index contributed by atoms with van der Waals surface area (Å²) in [5.41, 5.74) is 9.81. The highest BCUT2D eigenvalue weighted by Crippen LogP contribution is 2.24. The van der Waals surface area contributed by atoms with Crippen LogP contribution in [0.15, 0.2) is 33.4 Å². The lowest BCUT2D eigenvalue weighted by molar-refractivity contribution is 0.672. The van der Waals surface area contributed by atoms with Crippen LogP contribution >= 0.6 is 0 Å². The maximum Gasteiger partial charge on any atom is -0.0317 e. The average molecular weight is 347 g/mol. The second-order valence-corrected chi connectivity index (χ2v) is 8.30. The van der Waals surface area contributed by atoms with E-state index in [1.165, 1.54) is 77.0 Å². The van der Waals surface area contributed by atoms with Crippen LogP contribution in [0.1, 0.15) is 126 Å². The first kappa shape index (κ1) is 24.2. The highest BCUT2D eigenvalue weighted by Gasteiger charge is 2.04. The van der Waals surface area contributed by atoms with E-state index in [0.717, 1.165) is 0 Å².